The molecule has 0 aromatic carbocycles. The van der Waals surface area contributed by atoms with Gasteiger partial charge >= 0.3 is 10.0 Å². The van der Waals surface area contributed by atoms with Gasteiger partial charge in [0.05, 0.1) is 0 Å². The summed E-state index contributed by atoms with van der Waals surface area (Å²) in [7, 11) is 0.688. The number of hydrogen-bond acceptors (Lipinski definition) is 5. The molecule has 0 spiro atoms. The summed E-state index contributed by atoms with van der Waals surface area (Å²) in [5, 5.41) is 12.1. The first-order valence-corrected chi connectivity index (χ1v) is 12.5. The van der Waals surface area contributed by atoms with Crippen LogP contribution in [-0.4, -0.2) is 58.0 Å². The van der Waals surface area contributed by atoms with Crippen LogP contribution < -0.4 is 5.32 Å². The number of rotatable bonds is 23. The monoisotopic (exact) mass is 403 g/mol. The van der Waals surface area contributed by atoms with E-state index >= 15 is 0 Å². The molecule has 0 amide bonds. The van der Waals surface area contributed by atoms with Crippen molar-refractivity contribution >= 4 is 19.8 Å². The van der Waals surface area contributed by atoms with Crippen LogP contribution in [-0.2, 0) is 13.3 Å². The predicted octanol–water partition coefficient (Wildman–Crippen LogP) is 3.85. The van der Waals surface area contributed by atoms with Crippen molar-refractivity contribution in [2.75, 3.05) is 33.1 Å². The van der Waals surface area contributed by atoms with Crippen LogP contribution in [0.2, 0.25) is 6.04 Å². The molecule has 0 fully saturated rings. The number of hydrogen-bond donors (Lipinski definition) is 2. The second kappa shape index (κ2) is 25.2. The van der Waals surface area contributed by atoms with E-state index in [1.807, 2.05) is 0 Å². The van der Waals surface area contributed by atoms with Crippen molar-refractivity contribution in [2.24, 2.45) is 0 Å². The van der Waals surface area contributed by atoms with Gasteiger partial charge in [0, 0.05) is 13.2 Å². The third-order valence-electron chi connectivity index (χ3n) is 4.10. The van der Waals surface area contributed by atoms with E-state index in [1.54, 1.807) is 0 Å². The van der Waals surface area contributed by atoms with E-state index in [0.717, 1.165) is 39.0 Å². The Labute approximate surface area is 167 Å². The lowest BCUT2D eigenvalue weighted by Crippen LogP contribution is -2.16. The summed E-state index contributed by atoms with van der Waals surface area (Å²) in [5.41, 5.74) is 0. The summed E-state index contributed by atoms with van der Waals surface area (Å²) in [4.78, 5) is 0. The standard InChI is InChI=1S/C19H41NO4Si2/c1-2-3-4-5-8-13-18-25-24-26-23-19-22-17-12-7-6-9-14-20-15-10-11-16-21/h20-21H,2-19H2,1H3. The van der Waals surface area contributed by atoms with Crippen LogP contribution in [0.1, 0.15) is 84.0 Å². The molecule has 2 N–H and O–H groups in total. The molecular weight excluding hydrogens is 362 g/mol. The van der Waals surface area contributed by atoms with Crippen molar-refractivity contribution in [3.63, 3.8) is 0 Å². The van der Waals surface area contributed by atoms with Gasteiger partial charge in [0.2, 0.25) is 9.76 Å². The zero-order valence-corrected chi connectivity index (χ0v) is 18.9. The lowest BCUT2D eigenvalue weighted by molar-refractivity contribution is 0.00869. The fourth-order valence-electron chi connectivity index (χ4n) is 2.51. The number of aliphatic hydroxyl groups is 1. The van der Waals surface area contributed by atoms with Crippen LogP contribution >= 0.6 is 0 Å². The van der Waals surface area contributed by atoms with E-state index in [1.165, 1.54) is 63.8 Å². The SMILES string of the molecule is CCCCCCCC[Si]O[Si]OCOCCCCCCNCCCCO. The Morgan fingerprint density at radius 1 is 0.808 bits per heavy atom. The van der Waals surface area contributed by atoms with Gasteiger partial charge < -0.3 is 23.7 Å². The van der Waals surface area contributed by atoms with E-state index in [0.29, 0.717) is 23.2 Å². The highest BCUT2D eigenvalue weighted by atomic mass is 28.3. The lowest BCUT2D eigenvalue weighted by Gasteiger charge is -2.06. The molecule has 0 atom stereocenters. The maximum Gasteiger partial charge on any atom is 0.423 e. The van der Waals surface area contributed by atoms with Gasteiger partial charge in [-0.15, -0.1) is 0 Å². The molecule has 26 heavy (non-hydrogen) atoms. The Hall–Kier alpha value is 0.234. The van der Waals surface area contributed by atoms with E-state index in [4.69, 9.17) is 18.4 Å². The van der Waals surface area contributed by atoms with Crippen molar-refractivity contribution in [2.45, 2.75) is 90.0 Å². The molecule has 0 aliphatic carbocycles. The van der Waals surface area contributed by atoms with Crippen LogP contribution in [0.5, 0.6) is 0 Å². The molecule has 0 rings (SSSR count). The maximum atomic E-state index is 8.68. The van der Waals surface area contributed by atoms with Gasteiger partial charge in [-0.25, -0.2) is 0 Å². The fraction of sp³-hybridized carbons (Fsp3) is 1.00. The van der Waals surface area contributed by atoms with Crippen molar-refractivity contribution < 1.29 is 18.4 Å². The van der Waals surface area contributed by atoms with Gasteiger partial charge in [0.1, 0.15) is 6.79 Å². The largest absolute Gasteiger partial charge is 0.434 e. The first-order chi connectivity index (χ1) is 12.9. The van der Waals surface area contributed by atoms with Crippen LogP contribution in [0.15, 0.2) is 0 Å². The lowest BCUT2D eigenvalue weighted by atomic mass is 10.1. The summed E-state index contributed by atoms with van der Waals surface area (Å²) < 4.78 is 16.3. The predicted molar refractivity (Wildman–Crippen MR) is 110 cm³/mol. The molecule has 7 heteroatoms. The van der Waals surface area contributed by atoms with Gasteiger partial charge in [0.25, 0.3) is 0 Å². The van der Waals surface area contributed by atoms with E-state index < -0.39 is 0 Å². The average molecular weight is 404 g/mol. The van der Waals surface area contributed by atoms with Crippen LogP contribution in [0.25, 0.3) is 0 Å². The van der Waals surface area contributed by atoms with Crippen molar-refractivity contribution in [3.8, 4) is 0 Å². The second-order valence-electron chi connectivity index (χ2n) is 6.61. The van der Waals surface area contributed by atoms with Crippen LogP contribution in [0.4, 0.5) is 0 Å². The molecule has 0 aliphatic heterocycles. The highest BCUT2D eigenvalue weighted by Gasteiger charge is 1.97. The zero-order chi connectivity index (χ0) is 19.0. The second-order valence-corrected chi connectivity index (χ2v) is 8.67. The molecule has 0 saturated carbocycles. The molecule has 0 aliphatic rings. The quantitative estimate of drug-likeness (QED) is 0.154. The molecule has 0 unspecified atom stereocenters. The van der Waals surface area contributed by atoms with Crippen molar-refractivity contribution in [1.82, 2.24) is 5.32 Å². The maximum absolute atomic E-state index is 8.68. The third kappa shape index (κ3) is 24.2. The van der Waals surface area contributed by atoms with Gasteiger partial charge in [-0.05, 0) is 44.8 Å². The smallest absolute Gasteiger partial charge is 0.423 e. The normalized spacial score (nSPS) is 11.3. The number of aliphatic hydroxyl groups excluding tert-OH is 1. The number of ether oxygens (including phenoxy) is 1. The zero-order valence-electron chi connectivity index (χ0n) is 16.9. The van der Waals surface area contributed by atoms with Crippen LogP contribution in [0, 0.1) is 0 Å². The third-order valence-corrected chi connectivity index (χ3v) is 5.81. The van der Waals surface area contributed by atoms with Crippen LogP contribution in [0.3, 0.4) is 0 Å². The molecule has 154 valence electrons. The minimum absolute atomic E-state index is 0.119. The summed E-state index contributed by atoms with van der Waals surface area (Å²) in [5.74, 6) is 0. The molecule has 5 nitrogen and oxygen atoms in total. The highest BCUT2D eigenvalue weighted by Crippen LogP contribution is 2.06. The topological polar surface area (TPSA) is 60.0 Å². The average Bonchev–Trinajstić information content (AvgIpc) is 2.66. The van der Waals surface area contributed by atoms with E-state index in [9.17, 15) is 0 Å². The van der Waals surface area contributed by atoms with Crippen molar-refractivity contribution in [3.05, 3.63) is 0 Å². The Balaban J connectivity index is 2.95. The number of nitrogens with one attached hydrogen (secondary N) is 1. The summed E-state index contributed by atoms with van der Waals surface area (Å²) in [6, 6.07) is 1.17. The molecule has 0 aromatic rings. The Bertz CT molecular complexity index is 228. The minimum atomic E-state index is 0.119. The van der Waals surface area contributed by atoms with Gasteiger partial charge in [-0.3, -0.25) is 0 Å². The fourth-order valence-corrected chi connectivity index (χ4v) is 3.91. The first-order valence-electron chi connectivity index (χ1n) is 10.6. The molecule has 0 aromatic heterocycles. The Morgan fingerprint density at radius 3 is 2.31 bits per heavy atom. The summed E-state index contributed by atoms with van der Waals surface area (Å²) >= 11 is 0. The molecule has 4 radical (unpaired) electrons. The van der Waals surface area contributed by atoms with Gasteiger partial charge in [-0.2, -0.15) is 0 Å². The first kappa shape index (κ1) is 26.2. The van der Waals surface area contributed by atoms with Gasteiger partial charge in [-0.1, -0.05) is 58.3 Å². The van der Waals surface area contributed by atoms with E-state index in [2.05, 4.69) is 12.2 Å². The summed E-state index contributed by atoms with van der Waals surface area (Å²) in [6.07, 6.45) is 14.8. The highest BCUT2D eigenvalue weighted by molar-refractivity contribution is 6.39. The van der Waals surface area contributed by atoms with Gasteiger partial charge in [0.15, 0.2) is 0 Å². The molecular formula is C19H41NO4Si2. The molecule has 0 saturated heterocycles. The Morgan fingerprint density at radius 2 is 1.50 bits per heavy atom. The van der Waals surface area contributed by atoms with E-state index in [-0.39, 0.29) is 10.0 Å². The summed E-state index contributed by atoms with van der Waals surface area (Å²) in [6.45, 7) is 5.78. The minimum Gasteiger partial charge on any atom is -0.434 e. The molecule has 0 heterocycles. The molecule has 0 bridgehead atoms. The number of unbranched alkanes of at least 4 members (excludes halogenated alkanes) is 9. The van der Waals surface area contributed by atoms with Crippen molar-refractivity contribution in [1.29, 1.82) is 0 Å². The Kier molecular flexibility index (Phi) is 25.5.